The van der Waals surface area contributed by atoms with Crippen molar-refractivity contribution in [3.8, 4) is 5.75 Å². The van der Waals surface area contributed by atoms with Crippen molar-refractivity contribution >= 4 is 15.9 Å². The number of halogens is 3. The highest BCUT2D eigenvalue weighted by Gasteiger charge is 2.07. The van der Waals surface area contributed by atoms with E-state index in [1.807, 2.05) is 12.1 Å². The van der Waals surface area contributed by atoms with Gasteiger partial charge >= 0.3 is 6.61 Å². The minimum Gasteiger partial charge on any atom is -0.435 e. The van der Waals surface area contributed by atoms with Crippen LogP contribution in [0.2, 0.25) is 0 Å². The Balaban J connectivity index is 2.70. The maximum Gasteiger partial charge on any atom is 0.387 e. The van der Waals surface area contributed by atoms with Crippen LogP contribution in [0.1, 0.15) is 17.5 Å². The fourth-order valence-electron chi connectivity index (χ4n) is 1.37. The first kappa shape index (κ1) is 12.4. The summed E-state index contributed by atoms with van der Waals surface area (Å²) in [6, 6.07) is 5.32. The number of ether oxygens (including phenoxy) is 1. The quantitative estimate of drug-likeness (QED) is 0.742. The van der Waals surface area contributed by atoms with E-state index in [-0.39, 0.29) is 5.75 Å². The molecule has 0 aromatic heterocycles. The molecule has 0 unspecified atom stereocenters. The molecule has 1 rings (SSSR count). The normalized spacial score (nSPS) is 10.7. The molecule has 0 heterocycles. The predicted octanol–water partition coefficient (Wildman–Crippen LogP) is 3.92. The molecule has 0 saturated heterocycles. The SMILES string of the molecule is Cc1cc(CCCBr)ccc1OC(F)F. The molecular weight excluding hydrogens is 266 g/mol. The Hall–Kier alpha value is -0.640. The molecule has 0 amide bonds. The van der Waals surface area contributed by atoms with Gasteiger partial charge in [0.2, 0.25) is 0 Å². The molecule has 0 fully saturated rings. The van der Waals surface area contributed by atoms with E-state index in [2.05, 4.69) is 20.7 Å². The van der Waals surface area contributed by atoms with Crippen molar-refractivity contribution in [2.75, 3.05) is 5.33 Å². The average molecular weight is 279 g/mol. The zero-order valence-corrected chi connectivity index (χ0v) is 10.1. The molecule has 1 aromatic carbocycles. The van der Waals surface area contributed by atoms with Gasteiger partial charge in [-0.05, 0) is 37.0 Å². The summed E-state index contributed by atoms with van der Waals surface area (Å²) < 4.78 is 28.3. The van der Waals surface area contributed by atoms with Crippen LogP contribution >= 0.6 is 15.9 Å². The summed E-state index contributed by atoms with van der Waals surface area (Å²) in [5, 5.41) is 0.946. The lowest BCUT2D eigenvalue weighted by molar-refractivity contribution is -0.0503. The maximum atomic E-state index is 12.0. The van der Waals surface area contributed by atoms with E-state index in [9.17, 15) is 8.78 Å². The van der Waals surface area contributed by atoms with Crippen LogP contribution in [-0.4, -0.2) is 11.9 Å². The lowest BCUT2D eigenvalue weighted by Gasteiger charge is -2.09. The van der Waals surface area contributed by atoms with Crippen molar-refractivity contribution < 1.29 is 13.5 Å². The smallest absolute Gasteiger partial charge is 0.387 e. The summed E-state index contributed by atoms with van der Waals surface area (Å²) in [5.41, 5.74) is 1.90. The number of hydrogen-bond donors (Lipinski definition) is 0. The van der Waals surface area contributed by atoms with Gasteiger partial charge in [-0.1, -0.05) is 28.1 Å². The van der Waals surface area contributed by atoms with Crippen LogP contribution in [0.4, 0.5) is 8.78 Å². The van der Waals surface area contributed by atoms with Crippen molar-refractivity contribution in [3.05, 3.63) is 29.3 Å². The fourth-order valence-corrected chi connectivity index (χ4v) is 1.65. The van der Waals surface area contributed by atoms with Gasteiger partial charge in [0.05, 0.1) is 0 Å². The highest BCUT2D eigenvalue weighted by molar-refractivity contribution is 9.09. The molecule has 15 heavy (non-hydrogen) atoms. The van der Waals surface area contributed by atoms with E-state index in [1.54, 1.807) is 13.0 Å². The predicted molar refractivity (Wildman–Crippen MR) is 59.9 cm³/mol. The summed E-state index contributed by atoms with van der Waals surface area (Å²) in [7, 11) is 0. The molecule has 1 aromatic rings. The molecule has 0 radical (unpaired) electrons. The van der Waals surface area contributed by atoms with E-state index < -0.39 is 6.61 Å². The maximum absolute atomic E-state index is 12.0. The van der Waals surface area contributed by atoms with Crippen LogP contribution in [0.3, 0.4) is 0 Å². The summed E-state index contributed by atoms with van der Waals surface area (Å²) in [6.07, 6.45) is 1.98. The average Bonchev–Trinajstić information content (AvgIpc) is 2.18. The van der Waals surface area contributed by atoms with Crippen molar-refractivity contribution in [2.45, 2.75) is 26.4 Å². The van der Waals surface area contributed by atoms with E-state index >= 15 is 0 Å². The Labute approximate surface area is 96.6 Å². The molecule has 0 N–H and O–H groups in total. The van der Waals surface area contributed by atoms with Crippen LogP contribution < -0.4 is 4.74 Å². The van der Waals surface area contributed by atoms with Crippen molar-refractivity contribution in [3.63, 3.8) is 0 Å². The lowest BCUT2D eigenvalue weighted by atomic mass is 10.1. The van der Waals surface area contributed by atoms with E-state index in [0.717, 1.165) is 29.3 Å². The van der Waals surface area contributed by atoms with Gasteiger partial charge in [0.15, 0.2) is 0 Å². The molecule has 0 aliphatic carbocycles. The second-order valence-corrected chi connectivity index (χ2v) is 4.06. The minimum absolute atomic E-state index is 0.257. The third-order valence-electron chi connectivity index (χ3n) is 2.05. The number of alkyl halides is 3. The fraction of sp³-hybridized carbons (Fsp3) is 0.455. The number of rotatable bonds is 5. The van der Waals surface area contributed by atoms with Crippen molar-refractivity contribution in [1.82, 2.24) is 0 Å². The number of aryl methyl sites for hydroxylation is 2. The molecular formula is C11H13BrF2O. The highest BCUT2D eigenvalue weighted by atomic mass is 79.9. The Morgan fingerprint density at radius 3 is 2.67 bits per heavy atom. The summed E-state index contributed by atoms with van der Waals surface area (Å²) in [5.74, 6) is 0.257. The molecule has 4 heteroatoms. The first-order chi connectivity index (χ1) is 7.13. The Morgan fingerprint density at radius 2 is 2.13 bits per heavy atom. The summed E-state index contributed by atoms with van der Waals surface area (Å²) in [6.45, 7) is -0.980. The van der Waals surface area contributed by atoms with Gasteiger partial charge < -0.3 is 4.74 Å². The molecule has 0 atom stereocenters. The Morgan fingerprint density at radius 1 is 1.40 bits per heavy atom. The van der Waals surface area contributed by atoms with Gasteiger partial charge in [-0.2, -0.15) is 8.78 Å². The lowest BCUT2D eigenvalue weighted by Crippen LogP contribution is -2.03. The monoisotopic (exact) mass is 278 g/mol. The van der Waals surface area contributed by atoms with Gasteiger partial charge in [-0.25, -0.2) is 0 Å². The van der Waals surface area contributed by atoms with E-state index in [0.29, 0.717) is 0 Å². The third-order valence-corrected chi connectivity index (χ3v) is 2.62. The standard InChI is InChI=1S/C11H13BrF2O/c1-8-7-9(3-2-6-12)4-5-10(8)15-11(13)14/h4-5,7,11H,2-3,6H2,1H3. The van der Waals surface area contributed by atoms with Crippen LogP contribution in [0.15, 0.2) is 18.2 Å². The number of hydrogen-bond acceptors (Lipinski definition) is 1. The van der Waals surface area contributed by atoms with Crippen LogP contribution in [0, 0.1) is 6.92 Å². The zero-order chi connectivity index (χ0) is 11.3. The van der Waals surface area contributed by atoms with Crippen LogP contribution in [0.25, 0.3) is 0 Å². The first-order valence-corrected chi connectivity index (χ1v) is 5.86. The molecule has 0 aliphatic heterocycles. The van der Waals surface area contributed by atoms with E-state index in [1.165, 1.54) is 0 Å². The zero-order valence-electron chi connectivity index (χ0n) is 8.47. The van der Waals surface area contributed by atoms with Gasteiger partial charge in [-0.15, -0.1) is 0 Å². The third kappa shape index (κ3) is 4.16. The van der Waals surface area contributed by atoms with Crippen molar-refractivity contribution in [1.29, 1.82) is 0 Å². The summed E-state index contributed by atoms with van der Waals surface area (Å²) in [4.78, 5) is 0. The topological polar surface area (TPSA) is 9.23 Å². The van der Waals surface area contributed by atoms with Crippen molar-refractivity contribution in [2.24, 2.45) is 0 Å². The number of benzene rings is 1. The Kier molecular flexibility index (Phi) is 5.02. The van der Waals surface area contributed by atoms with Crippen LogP contribution in [-0.2, 0) is 6.42 Å². The minimum atomic E-state index is -2.75. The highest BCUT2D eigenvalue weighted by Crippen LogP contribution is 2.21. The second-order valence-electron chi connectivity index (χ2n) is 3.27. The van der Waals surface area contributed by atoms with Gasteiger partial charge in [0.25, 0.3) is 0 Å². The van der Waals surface area contributed by atoms with Gasteiger partial charge in [-0.3, -0.25) is 0 Å². The van der Waals surface area contributed by atoms with Gasteiger partial charge in [0, 0.05) is 5.33 Å². The largest absolute Gasteiger partial charge is 0.435 e. The second kappa shape index (κ2) is 6.05. The molecule has 1 nitrogen and oxygen atoms in total. The van der Waals surface area contributed by atoms with E-state index in [4.69, 9.17) is 0 Å². The Bertz CT molecular complexity index is 315. The molecule has 0 saturated carbocycles. The molecule has 0 bridgehead atoms. The van der Waals surface area contributed by atoms with Crippen LogP contribution in [0.5, 0.6) is 5.75 Å². The summed E-state index contributed by atoms with van der Waals surface area (Å²) >= 11 is 3.35. The molecule has 0 aliphatic rings. The first-order valence-electron chi connectivity index (χ1n) is 4.74. The molecule has 0 spiro atoms. The van der Waals surface area contributed by atoms with Gasteiger partial charge in [0.1, 0.15) is 5.75 Å². The molecule has 84 valence electrons.